The number of benzene rings is 1. The monoisotopic (exact) mass is 344 g/mol. The highest BCUT2D eigenvalue weighted by Gasteiger charge is 2.29. The van der Waals surface area contributed by atoms with Crippen LogP contribution in [0.1, 0.15) is 10.4 Å². The number of para-hydroxylation sites is 1. The molecule has 0 unspecified atom stereocenters. The zero-order chi connectivity index (χ0) is 17.6. The Morgan fingerprint density at radius 1 is 1.16 bits per heavy atom. The zero-order valence-electron chi connectivity index (χ0n) is 13.5. The van der Waals surface area contributed by atoms with Crippen molar-refractivity contribution in [2.75, 3.05) is 31.6 Å². The lowest BCUT2D eigenvalue weighted by Crippen LogP contribution is -2.41. The number of anilines is 2. The minimum Gasteiger partial charge on any atom is -0.446 e. The molecule has 0 atom stereocenters. The van der Waals surface area contributed by atoms with Gasteiger partial charge in [-0.05, 0) is 12.1 Å². The average molecular weight is 344 g/mol. The molecule has 0 saturated carbocycles. The lowest BCUT2D eigenvalue weighted by Gasteiger charge is -2.29. The molecule has 1 aromatic heterocycles. The molecule has 130 valence electrons. The van der Waals surface area contributed by atoms with Crippen molar-refractivity contribution in [1.82, 2.24) is 14.7 Å². The van der Waals surface area contributed by atoms with Crippen molar-refractivity contribution >= 4 is 17.3 Å². The molecule has 1 fully saturated rings. The number of amides is 1. The molecule has 3 heterocycles. The normalized spacial score (nSPS) is 15.6. The Balaban J connectivity index is 1.78. The van der Waals surface area contributed by atoms with Crippen LogP contribution < -0.4 is 21.2 Å². The first-order chi connectivity index (χ1) is 12.1. The van der Waals surface area contributed by atoms with E-state index in [1.165, 1.54) is 7.05 Å². The van der Waals surface area contributed by atoms with E-state index in [-0.39, 0.29) is 23.1 Å². The lowest BCUT2D eigenvalue weighted by atomic mass is 10.1. The molecule has 1 amide bonds. The highest BCUT2D eigenvalue weighted by molar-refractivity contribution is 6.00. The molecule has 25 heavy (non-hydrogen) atoms. The van der Waals surface area contributed by atoms with Crippen molar-refractivity contribution in [1.29, 1.82) is 0 Å². The Hall–Kier alpha value is -3.07. The van der Waals surface area contributed by atoms with Gasteiger partial charge in [0, 0.05) is 20.1 Å². The van der Waals surface area contributed by atoms with E-state index in [9.17, 15) is 14.4 Å². The molecule has 2 aliphatic heterocycles. The van der Waals surface area contributed by atoms with E-state index in [0.717, 1.165) is 4.68 Å². The molecule has 4 rings (SSSR count). The Kier molecular flexibility index (Phi) is 3.57. The second kappa shape index (κ2) is 5.78. The average Bonchev–Trinajstić information content (AvgIpc) is 2.64. The van der Waals surface area contributed by atoms with Gasteiger partial charge in [-0.15, -0.1) is 0 Å². The third-order valence-electron chi connectivity index (χ3n) is 4.23. The van der Waals surface area contributed by atoms with Crippen LogP contribution in [-0.2, 0) is 11.8 Å². The van der Waals surface area contributed by atoms with Gasteiger partial charge in [-0.2, -0.15) is 0 Å². The number of nitrogens with zero attached hydrogens (tertiary/aromatic N) is 2. The summed E-state index contributed by atoms with van der Waals surface area (Å²) in [4.78, 5) is 38.8. The minimum absolute atomic E-state index is 0.0507. The number of nitrogens with one attached hydrogen (secondary N) is 2. The Labute approximate surface area is 141 Å². The molecule has 0 radical (unpaired) electrons. The number of aryl methyl sites for hydroxylation is 1. The van der Waals surface area contributed by atoms with Crippen molar-refractivity contribution in [3.63, 3.8) is 0 Å². The van der Waals surface area contributed by atoms with Gasteiger partial charge >= 0.3 is 5.56 Å². The number of aromatic nitrogens is 2. The summed E-state index contributed by atoms with van der Waals surface area (Å²) in [6.07, 6.45) is 0. The Bertz CT molecular complexity index is 971. The van der Waals surface area contributed by atoms with Gasteiger partial charge in [-0.1, -0.05) is 6.07 Å². The van der Waals surface area contributed by atoms with E-state index < -0.39 is 11.1 Å². The number of carbonyl (C=O) groups is 1. The lowest BCUT2D eigenvalue weighted by molar-refractivity contribution is 0.0301. The van der Waals surface area contributed by atoms with E-state index in [4.69, 9.17) is 9.47 Å². The largest absolute Gasteiger partial charge is 0.446 e. The molecule has 0 spiro atoms. The second-order valence-corrected chi connectivity index (χ2v) is 5.82. The molecule has 2 aromatic rings. The van der Waals surface area contributed by atoms with Gasteiger partial charge < -0.3 is 19.7 Å². The summed E-state index contributed by atoms with van der Waals surface area (Å²) in [6.45, 7) is 1.96. The van der Waals surface area contributed by atoms with Crippen LogP contribution >= 0.6 is 0 Å². The van der Waals surface area contributed by atoms with E-state index in [2.05, 4.69) is 10.4 Å². The second-order valence-electron chi connectivity index (χ2n) is 5.82. The molecular formula is C16H16N4O5. The van der Waals surface area contributed by atoms with Crippen LogP contribution in [-0.4, -0.2) is 46.9 Å². The van der Waals surface area contributed by atoms with Gasteiger partial charge in [0.15, 0.2) is 11.4 Å². The number of hydrogen-bond donors (Lipinski definition) is 2. The predicted octanol–water partition coefficient (Wildman–Crippen LogP) is 0.395. The summed E-state index contributed by atoms with van der Waals surface area (Å²) < 4.78 is 12.0. The van der Waals surface area contributed by atoms with Gasteiger partial charge in [-0.3, -0.25) is 24.2 Å². The first kappa shape index (κ1) is 15.5. The van der Waals surface area contributed by atoms with Crippen LogP contribution in [0.15, 0.2) is 27.8 Å². The minimum atomic E-state index is -0.552. The third kappa shape index (κ3) is 2.49. The van der Waals surface area contributed by atoms with Gasteiger partial charge in [0.2, 0.25) is 5.75 Å². The van der Waals surface area contributed by atoms with Crippen LogP contribution in [0.25, 0.3) is 0 Å². The van der Waals surface area contributed by atoms with Crippen molar-refractivity contribution in [3.05, 3.63) is 44.5 Å². The molecule has 0 bridgehead atoms. The SMILES string of the molecule is Cn1[nH]c(=O)c2c(c1=O)Nc1cccc(C(=O)N3CCOCC3)c1O2. The maximum atomic E-state index is 12.8. The topological polar surface area (TPSA) is 106 Å². The fraction of sp³-hybridized carbons (Fsp3) is 0.312. The van der Waals surface area contributed by atoms with Crippen molar-refractivity contribution in [3.8, 4) is 11.5 Å². The maximum absolute atomic E-state index is 12.8. The summed E-state index contributed by atoms with van der Waals surface area (Å²) >= 11 is 0. The third-order valence-corrected chi connectivity index (χ3v) is 4.23. The summed E-state index contributed by atoms with van der Waals surface area (Å²) in [6, 6.07) is 5.03. The Morgan fingerprint density at radius 3 is 2.68 bits per heavy atom. The smallest absolute Gasteiger partial charge is 0.308 e. The summed E-state index contributed by atoms with van der Waals surface area (Å²) in [5.41, 5.74) is -0.129. The number of H-pyrrole nitrogens is 1. The fourth-order valence-corrected chi connectivity index (χ4v) is 2.93. The molecule has 2 N–H and O–H groups in total. The molecule has 1 saturated heterocycles. The van der Waals surface area contributed by atoms with Crippen molar-refractivity contribution in [2.45, 2.75) is 0 Å². The van der Waals surface area contributed by atoms with Crippen LogP contribution in [0.3, 0.4) is 0 Å². The molecule has 9 heteroatoms. The Morgan fingerprint density at radius 2 is 1.92 bits per heavy atom. The maximum Gasteiger partial charge on any atom is 0.308 e. The quantitative estimate of drug-likeness (QED) is 0.662. The van der Waals surface area contributed by atoms with E-state index >= 15 is 0 Å². The summed E-state index contributed by atoms with van der Waals surface area (Å²) in [5.74, 6) is -0.103. The van der Waals surface area contributed by atoms with E-state index in [0.29, 0.717) is 37.6 Å². The number of morpholine rings is 1. The number of fused-ring (bicyclic) bond motifs is 2. The van der Waals surface area contributed by atoms with Crippen molar-refractivity contribution < 1.29 is 14.3 Å². The summed E-state index contributed by atoms with van der Waals surface area (Å²) in [7, 11) is 1.44. The highest BCUT2D eigenvalue weighted by Crippen LogP contribution is 2.40. The van der Waals surface area contributed by atoms with Gasteiger partial charge in [0.1, 0.15) is 0 Å². The first-order valence-electron chi connectivity index (χ1n) is 7.84. The standard InChI is InChI=1S/C16H16N4O5/c1-19-16(23)11-13(14(21)18-19)25-12-9(3-2-4-10(12)17-11)15(22)20-5-7-24-8-6-20/h2-4,17H,5-8H2,1H3,(H,18,21). The first-order valence-corrected chi connectivity index (χ1v) is 7.84. The molecule has 9 nitrogen and oxygen atoms in total. The van der Waals surface area contributed by atoms with Crippen LogP contribution in [0.4, 0.5) is 11.4 Å². The van der Waals surface area contributed by atoms with Crippen LogP contribution in [0.2, 0.25) is 0 Å². The van der Waals surface area contributed by atoms with Gasteiger partial charge in [0.05, 0.1) is 24.5 Å². The van der Waals surface area contributed by atoms with E-state index in [1.54, 1.807) is 23.1 Å². The molecule has 0 aliphatic carbocycles. The molecule has 2 aliphatic rings. The summed E-state index contributed by atoms with van der Waals surface area (Å²) in [5, 5.41) is 5.30. The number of carbonyl (C=O) groups excluding carboxylic acids is 1. The molecule has 1 aromatic carbocycles. The number of rotatable bonds is 1. The van der Waals surface area contributed by atoms with Gasteiger partial charge in [-0.25, -0.2) is 0 Å². The van der Waals surface area contributed by atoms with Crippen molar-refractivity contribution in [2.24, 2.45) is 7.05 Å². The fourth-order valence-electron chi connectivity index (χ4n) is 2.93. The number of ether oxygens (including phenoxy) is 2. The predicted molar refractivity (Wildman–Crippen MR) is 88.8 cm³/mol. The molecular weight excluding hydrogens is 328 g/mol. The zero-order valence-corrected chi connectivity index (χ0v) is 13.5. The van der Waals surface area contributed by atoms with Crippen LogP contribution in [0.5, 0.6) is 11.5 Å². The number of aromatic amines is 1. The van der Waals surface area contributed by atoms with Crippen LogP contribution in [0, 0.1) is 0 Å². The number of hydrogen-bond acceptors (Lipinski definition) is 6. The van der Waals surface area contributed by atoms with Gasteiger partial charge in [0.25, 0.3) is 11.5 Å². The van der Waals surface area contributed by atoms with E-state index in [1.807, 2.05) is 0 Å². The highest BCUT2D eigenvalue weighted by atomic mass is 16.5.